The summed E-state index contributed by atoms with van der Waals surface area (Å²) in [5.74, 6) is -1.67. The number of imide groups is 1. The van der Waals surface area contributed by atoms with Crippen molar-refractivity contribution in [3.63, 3.8) is 0 Å². The smallest absolute Gasteiger partial charge is 0.326 e. The molecule has 8 nitrogen and oxygen atoms in total. The van der Waals surface area contributed by atoms with E-state index in [-0.39, 0.29) is 13.2 Å². The fraction of sp³-hybridized carbons (Fsp3) is 0.250. The first-order valence-corrected chi connectivity index (χ1v) is 10.7. The number of hydrogen-bond donors (Lipinski definition) is 0. The van der Waals surface area contributed by atoms with Gasteiger partial charge < -0.3 is 4.74 Å². The highest BCUT2D eigenvalue weighted by Gasteiger charge is 2.35. The lowest BCUT2D eigenvalue weighted by atomic mass is 10.1. The number of fused-ring (bicyclic) bond motifs is 1. The van der Waals surface area contributed by atoms with E-state index in [0.29, 0.717) is 22.4 Å². The Morgan fingerprint density at radius 2 is 1.55 bits per heavy atom. The van der Waals surface area contributed by atoms with E-state index in [1.54, 1.807) is 55.5 Å². The second-order valence-corrected chi connectivity index (χ2v) is 8.49. The lowest BCUT2D eigenvalue weighted by molar-refractivity contribution is -0.141. The summed E-state index contributed by atoms with van der Waals surface area (Å²) in [6.07, 6.45) is 1.01. The van der Waals surface area contributed by atoms with Crippen LogP contribution in [0.3, 0.4) is 0 Å². The first-order valence-electron chi connectivity index (χ1n) is 8.84. The Morgan fingerprint density at radius 3 is 2.10 bits per heavy atom. The van der Waals surface area contributed by atoms with Gasteiger partial charge in [0.25, 0.3) is 11.8 Å². The van der Waals surface area contributed by atoms with Crippen molar-refractivity contribution in [3.05, 3.63) is 65.2 Å². The number of rotatable bonds is 7. The van der Waals surface area contributed by atoms with Crippen molar-refractivity contribution < 1.29 is 27.5 Å². The van der Waals surface area contributed by atoms with Crippen molar-refractivity contribution in [2.24, 2.45) is 0 Å². The largest absolute Gasteiger partial charge is 0.462 e. The molecule has 152 valence electrons. The van der Waals surface area contributed by atoms with Gasteiger partial charge in [-0.3, -0.25) is 23.6 Å². The summed E-state index contributed by atoms with van der Waals surface area (Å²) in [5, 5.41) is 0. The molecule has 0 saturated heterocycles. The van der Waals surface area contributed by atoms with Crippen LogP contribution in [0.5, 0.6) is 0 Å². The molecule has 29 heavy (non-hydrogen) atoms. The quantitative estimate of drug-likeness (QED) is 0.502. The van der Waals surface area contributed by atoms with Crippen molar-refractivity contribution in [3.8, 4) is 0 Å². The van der Waals surface area contributed by atoms with Crippen LogP contribution in [0.15, 0.2) is 48.5 Å². The van der Waals surface area contributed by atoms with E-state index >= 15 is 0 Å². The Labute approximate surface area is 168 Å². The summed E-state index contributed by atoms with van der Waals surface area (Å²) in [6, 6.07) is 13.2. The Hall–Kier alpha value is -3.20. The van der Waals surface area contributed by atoms with Gasteiger partial charge in [0.1, 0.15) is 13.2 Å². The number of benzene rings is 2. The van der Waals surface area contributed by atoms with Crippen LogP contribution in [0, 0.1) is 6.92 Å². The van der Waals surface area contributed by atoms with Gasteiger partial charge in [0, 0.05) is 0 Å². The number of para-hydroxylation sites is 1. The van der Waals surface area contributed by atoms with Gasteiger partial charge in [-0.1, -0.05) is 30.3 Å². The first kappa shape index (κ1) is 20.5. The summed E-state index contributed by atoms with van der Waals surface area (Å²) < 4.78 is 30.3. The summed E-state index contributed by atoms with van der Waals surface area (Å²) in [6.45, 7) is 0.893. The molecule has 0 unspecified atom stereocenters. The molecule has 0 radical (unpaired) electrons. The molecule has 1 aliphatic rings. The van der Waals surface area contributed by atoms with Crippen molar-refractivity contribution in [2.45, 2.75) is 6.92 Å². The minimum atomic E-state index is -3.72. The van der Waals surface area contributed by atoms with E-state index in [2.05, 4.69) is 0 Å². The minimum absolute atomic E-state index is 0.110. The Morgan fingerprint density at radius 1 is 1.00 bits per heavy atom. The van der Waals surface area contributed by atoms with Crippen LogP contribution < -0.4 is 4.31 Å². The van der Waals surface area contributed by atoms with Gasteiger partial charge in [-0.2, -0.15) is 0 Å². The standard InChI is InChI=1S/C20H20N2O6S/c1-14-7-3-6-10-17(14)22(29(2,26)27)13-18(23)28-12-11-21-19(24)15-8-4-5-9-16(15)20(21)25/h3-10H,11-13H2,1-2H3. The number of aryl methyl sites for hydroxylation is 1. The average molecular weight is 416 g/mol. The summed E-state index contributed by atoms with van der Waals surface area (Å²) in [7, 11) is -3.72. The monoisotopic (exact) mass is 416 g/mol. The summed E-state index contributed by atoms with van der Waals surface area (Å²) in [5.41, 5.74) is 1.70. The summed E-state index contributed by atoms with van der Waals surface area (Å²) >= 11 is 0. The fourth-order valence-electron chi connectivity index (χ4n) is 3.08. The van der Waals surface area contributed by atoms with E-state index < -0.39 is 34.4 Å². The van der Waals surface area contributed by atoms with Crippen LogP contribution in [0.4, 0.5) is 5.69 Å². The van der Waals surface area contributed by atoms with E-state index in [4.69, 9.17) is 4.74 Å². The topological polar surface area (TPSA) is 101 Å². The zero-order chi connectivity index (χ0) is 21.2. The van der Waals surface area contributed by atoms with E-state index in [0.717, 1.165) is 15.5 Å². The Kier molecular flexibility index (Phi) is 5.69. The average Bonchev–Trinajstić information content (AvgIpc) is 2.91. The SMILES string of the molecule is Cc1ccccc1N(CC(=O)OCCN1C(=O)c2ccccc2C1=O)S(C)(=O)=O. The molecule has 0 saturated carbocycles. The minimum Gasteiger partial charge on any atom is -0.462 e. The molecule has 1 heterocycles. The van der Waals surface area contributed by atoms with Crippen LogP contribution in [0.2, 0.25) is 0 Å². The number of amides is 2. The van der Waals surface area contributed by atoms with Crippen molar-refractivity contribution in [1.82, 2.24) is 4.90 Å². The van der Waals surface area contributed by atoms with Crippen LogP contribution >= 0.6 is 0 Å². The summed E-state index contributed by atoms with van der Waals surface area (Å²) in [4.78, 5) is 37.8. The predicted molar refractivity (Wildman–Crippen MR) is 106 cm³/mol. The number of anilines is 1. The second-order valence-electron chi connectivity index (χ2n) is 6.58. The van der Waals surface area contributed by atoms with Crippen molar-refractivity contribution in [2.75, 3.05) is 30.3 Å². The van der Waals surface area contributed by atoms with Gasteiger partial charge in [0.05, 0.1) is 29.6 Å². The number of nitrogens with zero attached hydrogens (tertiary/aromatic N) is 2. The van der Waals surface area contributed by atoms with Crippen molar-refractivity contribution >= 4 is 33.5 Å². The zero-order valence-corrected chi connectivity index (χ0v) is 16.8. The highest BCUT2D eigenvalue weighted by molar-refractivity contribution is 7.92. The zero-order valence-electron chi connectivity index (χ0n) is 16.0. The highest BCUT2D eigenvalue weighted by atomic mass is 32.2. The third kappa shape index (κ3) is 4.29. The Bertz CT molecular complexity index is 1040. The number of carbonyl (C=O) groups is 3. The van der Waals surface area contributed by atoms with Gasteiger partial charge >= 0.3 is 5.97 Å². The molecule has 2 aromatic carbocycles. The number of hydrogen-bond acceptors (Lipinski definition) is 6. The molecule has 2 aromatic rings. The molecule has 0 aliphatic carbocycles. The van der Waals surface area contributed by atoms with Crippen LogP contribution in [0.25, 0.3) is 0 Å². The van der Waals surface area contributed by atoms with Gasteiger partial charge in [0.2, 0.25) is 10.0 Å². The molecule has 0 aromatic heterocycles. The van der Waals surface area contributed by atoms with Crippen LogP contribution in [0.1, 0.15) is 26.3 Å². The molecule has 0 atom stereocenters. The van der Waals surface area contributed by atoms with Crippen molar-refractivity contribution in [1.29, 1.82) is 0 Å². The second kappa shape index (κ2) is 8.04. The first-order chi connectivity index (χ1) is 13.7. The molecule has 9 heteroatoms. The molecule has 0 fully saturated rings. The molecule has 2 amide bonds. The molecule has 0 N–H and O–H groups in total. The van der Waals surface area contributed by atoms with Gasteiger partial charge in [0.15, 0.2) is 0 Å². The third-order valence-electron chi connectivity index (χ3n) is 4.51. The van der Waals surface area contributed by atoms with Gasteiger partial charge in [-0.05, 0) is 30.7 Å². The molecule has 3 rings (SSSR count). The lowest BCUT2D eigenvalue weighted by Crippen LogP contribution is -2.38. The van der Waals surface area contributed by atoms with Crippen LogP contribution in [-0.4, -0.2) is 57.1 Å². The third-order valence-corrected chi connectivity index (χ3v) is 5.64. The maximum absolute atomic E-state index is 12.3. The molecule has 0 spiro atoms. The number of carbonyl (C=O) groups excluding carboxylic acids is 3. The van der Waals surface area contributed by atoms with Gasteiger partial charge in [-0.15, -0.1) is 0 Å². The predicted octanol–water partition coefficient (Wildman–Crippen LogP) is 1.60. The van der Waals surface area contributed by atoms with Crippen LogP contribution in [-0.2, 0) is 19.6 Å². The Balaban J connectivity index is 1.62. The van der Waals surface area contributed by atoms with E-state index in [1.165, 1.54) is 0 Å². The number of sulfonamides is 1. The maximum Gasteiger partial charge on any atom is 0.326 e. The molecule has 0 bridgehead atoms. The highest BCUT2D eigenvalue weighted by Crippen LogP contribution is 2.23. The molecular weight excluding hydrogens is 396 g/mol. The fourth-order valence-corrected chi connectivity index (χ4v) is 3.98. The van der Waals surface area contributed by atoms with E-state index in [1.807, 2.05) is 0 Å². The molecular formula is C20H20N2O6S. The van der Waals surface area contributed by atoms with E-state index in [9.17, 15) is 22.8 Å². The lowest BCUT2D eigenvalue weighted by Gasteiger charge is -2.23. The van der Waals surface area contributed by atoms with Gasteiger partial charge in [-0.25, -0.2) is 8.42 Å². The molecule has 1 aliphatic heterocycles. The number of esters is 1. The maximum atomic E-state index is 12.3. The normalized spacial score (nSPS) is 13.4. The number of ether oxygens (including phenoxy) is 1.